The van der Waals surface area contributed by atoms with Gasteiger partial charge in [-0.1, -0.05) is 6.07 Å². The first-order chi connectivity index (χ1) is 12.0. The van der Waals surface area contributed by atoms with Crippen molar-refractivity contribution in [2.75, 3.05) is 26.1 Å². The van der Waals surface area contributed by atoms with Crippen molar-refractivity contribution in [3.8, 4) is 6.01 Å². The van der Waals surface area contributed by atoms with E-state index in [0.29, 0.717) is 6.07 Å². The second kappa shape index (κ2) is 7.41. The summed E-state index contributed by atoms with van der Waals surface area (Å²) in [7, 11) is 0.484. The van der Waals surface area contributed by atoms with Crippen LogP contribution in [0.15, 0.2) is 29.2 Å². The fourth-order valence-electron chi connectivity index (χ4n) is 1.84. The average molecular weight is 391 g/mol. The van der Waals surface area contributed by atoms with E-state index >= 15 is 0 Å². The van der Waals surface area contributed by atoms with Gasteiger partial charge in [0.2, 0.25) is 16.0 Å². The van der Waals surface area contributed by atoms with Crippen molar-refractivity contribution < 1.29 is 26.3 Å². The van der Waals surface area contributed by atoms with Crippen LogP contribution in [0, 0.1) is 0 Å². The van der Waals surface area contributed by atoms with Crippen LogP contribution >= 0.6 is 0 Å². The highest BCUT2D eigenvalue weighted by Crippen LogP contribution is 2.30. The largest absolute Gasteiger partial charge is 0.467 e. The molecule has 0 radical (unpaired) electrons. The number of nitrogens with one attached hydrogen (secondary N) is 1. The number of halogens is 3. The summed E-state index contributed by atoms with van der Waals surface area (Å²) in [6.07, 6.45) is -4.65. The maximum Gasteiger partial charge on any atom is 0.416 e. The number of nitrogens with zero attached hydrogens (tertiary/aromatic N) is 4. The number of benzene rings is 1. The van der Waals surface area contributed by atoms with Gasteiger partial charge in [-0.2, -0.15) is 28.1 Å². The third-order valence-corrected chi connectivity index (χ3v) is 4.52. The average Bonchev–Trinajstić information content (AvgIpc) is 2.59. The maximum absolute atomic E-state index is 12.7. The predicted molar refractivity (Wildman–Crippen MR) is 86.2 cm³/mol. The second-order valence-corrected chi connectivity index (χ2v) is 7.05. The van der Waals surface area contributed by atoms with Crippen LogP contribution in [0.2, 0.25) is 0 Å². The zero-order chi connectivity index (χ0) is 19.5. The second-order valence-electron chi connectivity index (χ2n) is 5.28. The molecule has 0 saturated heterocycles. The van der Waals surface area contributed by atoms with E-state index in [2.05, 4.69) is 19.7 Å². The Morgan fingerprint density at radius 3 is 2.46 bits per heavy atom. The summed E-state index contributed by atoms with van der Waals surface area (Å²) in [5.41, 5.74) is -1.06. The van der Waals surface area contributed by atoms with Crippen LogP contribution in [-0.4, -0.2) is 44.6 Å². The molecule has 1 aromatic carbocycles. The number of alkyl halides is 3. The summed E-state index contributed by atoms with van der Waals surface area (Å²) in [5, 5.41) is 0. The normalized spacial score (nSPS) is 12.1. The molecule has 12 heteroatoms. The number of hydrogen-bond acceptors (Lipinski definition) is 7. The van der Waals surface area contributed by atoms with E-state index in [1.165, 1.54) is 7.11 Å². The van der Waals surface area contributed by atoms with Crippen LogP contribution in [0.5, 0.6) is 6.01 Å². The van der Waals surface area contributed by atoms with Crippen molar-refractivity contribution in [3.63, 3.8) is 0 Å². The quantitative estimate of drug-likeness (QED) is 0.796. The van der Waals surface area contributed by atoms with Gasteiger partial charge in [0.05, 0.1) is 24.1 Å². The van der Waals surface area contributed by atoms with Gasteiger partial charge in [0, 0.05) is 14.1 Å². The number of methoxy groups -OCH3 is 1. The van der Waals surface area contributed by atoms with Crippen LogP contribution < -0.4 is 14.4 Å². The number of sulfonamides is 1. The Hall–Kier alpha value is -2.47. The Bertz CT molecular complexity index is 888. The van der Waals surface area contributed by atoms with Gasteiger partial charge >= 0.3 is 12.2 Å². The Balaban J connectivity index is 2.25. The van der Waals surface area contributed by atoms with E-state index in [-0.39, 0.29) is 24.3 Å². The highest BCUT2D eigenvalue weighted by atomic mass is 32.2. The molecule has 0 bridgehead atoms. The molecule has 0 aliphatic carbocycles. The molecule has 2 rings (SSSR count). The lowest BCUT2D eigenvalue weighted by atomic mass is 10.2. The third kappa shape index (κ3) is 4.79. The van der Waals surface area contributed by atoms with Crippen LogP contribution in [0.4, 0.5) is 19.1 Å². The predicted octanol–water partition coefficient (Wildman–Crippen LogP) is 1.44. The van der Waals surface area contributed by atoms with Gasteiger partial charge in [0.15, 0.2) is 5.82 Å². The Morgan fingerprint density at radius 2 is 1.88 bits per heavy atom. The first-order valence-electron chi connectivity index (χ1n) is 7.16. The van der Waals surface area contributed by atoms with Crippen molar-refractivity contribution in [2.24, 2.45) is 0 Å². The number of aromatic nitrogens is 3. The molecule has 8 nitrogen and oxygen atoms in total. The lowest BCUT2D eigenvalue weighted by molar-refractivity contribution is -0.137. The van der Waals surface area contributed by atoms with Crippen molar-refractivity contribution in [3.05, 3.63) is 35.7 Å². The number of rotatable bonds is 6. The van der Waals surface area contributed by atoms with E-state index in [1.807, 2.05) is 0 Å². The first-order valence-corrected chi connectivity index (χ1v) is 8.64. The molecule has 1 aromatic heterocycles. The number of hydrogen-bond donors (Lipinski definition) is 1. The molecular weight excluding hydrogens is 375 g/mol. The molecule has 0 unspecified atom stereocenters. The molecule has 1 N–H and O–H groups in total. The lowest BCUT2D eigenvalue weighted by Crippen LogP contribution is -2.25. The summed E-state index contributed by atoms with van der Waals surface area (Å²) in [5.74, 6) is 0.293. The minimum absolute atomic E-state index is 0.0167. The minimum Gasteiger partial charge on any atom is -0.467 e. The zero-order valence-electron chi connectivity index (χ0n) is 14.1. The lowest BCUT2D eigenvalue weighted by Gasteiger charge is -2.13. The highest BCUT2D eigenvalue weighted by molar-refractivity contribution is 7.89. The van der Waals surface area contributed by atoms with Crippen LogP contribution in [0.3, 0.4) is 0 Å². The van der Waals surface area contributed by atoms with Crippen molar-refractivity contribution >= 4 is 16.0 Å². The number of ether oxygens (including phenoxy) is 1. The van der Waals surface area contributed by atoms with E-state index < -0.39 is 26.7 Å². The molecule has 0 amide bonds. The molecular formula is C14H16F3N5O3S. The smallest absolute Gasteiger partial charge is 0.416 e. The third-order valence-electron chi connectivity index (χ3n) is 3.12. The molecule has 0 atom stereocenters. The van der Waals surface area contributed by atoms with Gasteiger partial charge < -0.3 is 9.64 Å². The Labute approximate surface area is 148 Å². The van der Waals surface area contributed by atoms with Gasteiger partial charge in [0.25, 0.3) is 0 Å². The first kappa shape index (κ1) is 19.8. The minimum atomic E-state index is -4.65. The van der Waals surface area contributed by atoms with Gasteiger partial charge in [-0.15, -0.1) is 0 Å². The van der Waals surface area contributed by atoms with Gasteiger partial charge in [0.1, 0.15) is 0 Å². The van der Waals surface area contributed by atoms with Gasteiger partial charge in [-0.3, -0.25) is 0 Å². The van der Waals surface area contributed by atoms with Crippen molar-refractivity contribution in [1.29, 1.82) is 0 Å². The molecule has 0 aliphatic heterocycles. The summed E-state index contributed by atoms with van der Waals surface area (Å²) in [4.78, 5) is 13.0. The Kier molecular flexibility index (Phi) is 5.66. The van der Waals surface area contributed by atoms with E-state index in [1.54, 1.807) is 19.0 Å². The molecule has 0 saturated carbocycles. The fourth-order valence-corrected chi connectivity index (χ4v) is 2.86. The van der Waals surface area contributed by atoms with Crippen LogP contribution in [-0.2, 0) is 22.7 Å². The van der Waals surface area contributed by atoms with E-state index in [9.17, 15) is 21.6 Å². The molecule has 0 spiro atoms. The summed E-state index contributed by atoms with van der Waals surface area (Å²) < 4.78 is 69.9. The maximum atomic E-state index is 12.7. The fraction of sp³-hybridized carbons (Fsp3) is 0.357. The zero-order valence-corrected chi connectivity index (χ0v) is 14.9. The topological polar surface area (TPSA) is 97.3 Å². The van der Waals surface area contributed by atoms with Crippen molar-refractivity contribution in [2.45, 2.75) is 17.6 Å². The summed E-state index contributed by atoms with van der Waals surface area (Å²) in [6.45, 7) is -0.349. The Morgan fingerprint density at radius 1 is 1.19 bits per heavy atom. The molecule has 2 aromatic rings. The molecule has 26 heavy (non-hydrogen) atoms. The SMILES string of the molecule is COc1nc(CNS(=O)(=O)c2cccc(C(F)(F)F)c2)nc(N(C)C)n1. The monoisotopic (exact) mass is 391 g/mol. The van der Waals surface area contributed by atoms with E-state index in [0.717, 1.165) is 18.2 Å². The standard InChI is InChI=1S/C14H16F3N5O3S/c1-22(2)12-19-11(20-13(21-12)25-3)8-18-26(23,24)10-6-4-5-9(7-10)14(15,16)17/h4-7,18H,8H2,1-3H3. The molecule has 0 aliphatic rings. The molecule has 1 heterocycles. The van der Waals surface area contributed by atoms with E-state index in [4.69, 9.17) is 4.74 Å². The van der Waals surface area contributed by atoms with Crippen molar-refractivity contribution in [1.82, 2.24) is 19.7 Å². The van der Waals surface area contributed by atoms with Gasteiger partial charge in [-0.25, -0.2) is 13.1 Å². The highest BCUT2D eigenvalue weighted by Gasteiger charge is 2.31. The molecule has 142 valence electrons. The van der Waals surface area contributed by atoms with Gasteiger partial charge in [-0.05, 0) is 18.2 Å². The molecule has 0 fully saturated rings. The number of anilines is 1. The van der Waals surface area contributed by atoms with Crippen LogP contribution in [0.25, 0.3) is 0 Å². The summed E-state index contributed by atoms with van der Waals surface area (Å²) in [6, 6.07) is 3.42. The van der Waals surface area contributed by atoms with Crippen LogP contribution in [0.1, 0.15) is 11.4 Å². The summed E-state index contributed by atoms with van der Waals surface area (Å²) >= 11 is 0.